The van der Waals surface area contributed by atoms with Crippen LogP contribution in [0.1, 0.15) is 26.2 Å². The molecule has 1 amide bonds. The molecule has 0 heterocycles. The van der Waals surface area contributed by atoms with Crippen molar-refractivity contribution in [3.8, 4) is 5.75 Å². The van der Waals surface area contributed by atoms with E-state index in [1.807, 2.05) is 6.07 Å². The van der Waals surface area contributed by atoms with E-state index in [1.165, 1.54) is 7.11 Å². The zero-order chi connectivity index (χ0) is 14.5. The van der Waals surface area contributed by atoms with E-state index < -0.39 is 6.10 Å². The van der Waals surface area contributed by atoms with Crippen molar-refractivity contribution in [2.45, 2.75) is 32.3 Å². The minimum Gasteiger partial charge on any atom is -0.495 e. The quantitative estimate of drug-likeness (QED) is 0.839. The first-order chi connectivity index (χ1) is 9.61. The van der Waals surface area contributed by atoms with Crippen LogP contribution in [-0.4, -0.2) is 25.1 Å². The third-order valence-corrected chi connectivity index (χ3v) is 3.47. The Morgan fingerprint density at radius 1 is 1.30 bits per heavy atom. The van der Waals surface area contributed by atoms with Gasteiger partial charge in [-0.2, -0.15) is 0 Å². The molecule has 1 aliphatic carbocycles. The lowest BCUT2D eigenvalue weighted by Crippen LogP contribution is -2.34. The Balaban J connectivity index is 1.91. The van der Waals surface area contributed by atoms with Crippen LogP contribution < -0.4 is 10.1 Å². The molecule has 0 unspecified atom stereocenters. The SMILES string of the molecule is COc1ccccc1NC(=O)[C@@H](C)OC(=O)C1CCC1. The van der Waals surface area contributed by atoms with Crippen molar-refractivity contribution in [1.82, 2.24) is 0 Å². The maximum absolute atomic E-state index is 12.0. The summed E-state index contributed by atoms with van der Waals surface area (Å²) in [5.41, 5.74) is 0.562. The number of rotatable bonds is 5. The minimum atomic E-state index is -0.812. The Kier molecular flexibility index (Phi) is 4.61. The molecular formula is C15H19NO4. The molecule has 1 atom stereocenters. The van der Waals surface area contributed by atoms with Crippen molar-refractivity contribution < 1.29 is 19.1 Å². The van der Waals surface area contributed by atoms with Gasteiger partial charge in [-0.15, -0.1) is 0 Å². The first-order valence-electron chi connectivity index (χ1n) is 6.76. The van der Waals surface area contributed by atoms with Gasteiger partial charge in [0.2, 0.25) is 0 Å². The lowest BCUT2D eigenvalue weighted by molar-refractivity contribution is -0.159. The zero-order valence-electron chi connectivity index (χ0n) is 11.7. The summed E-state index contributed by atoms with van der Waals surface area (Å²) in [7, 11) is 1.53. The van der Waals surface area contributed by atoms with Gasteiger partial charge in [0.1, 0.15) is 5.75 Å². The molecule has 0 saturated heterocycles. The van der Waals surface area contributed by atoms with Crippen molar-refractivity contribution in [3.63, 3.8) is 0 Å². The van der Waals surface area contributed by atoms with Crippen LogP contribution in [0.25, 0.3) is 0 Å². The van der Waals surface area contributed by atoms with Crippen LogP contribution >= 0.6 is 0 Å². The number of para-hydroxylation sites is 2. The number of nitrogens with one attached hydrogen (secondary N) is 1. The predicted octanol–water partition coefficient (Wildman–Crippen LogP) is 2.37. The molecule has 5 nitrogen and oxygen atoms in total. The van der Waals surface area contributed by atoms with Gasteiger partial charge in [0, 0.05) is 0 Å². The largest absolute Gasteiger partial charge is 0.495 e. The molecule has 1 aromatic carbocycles. The molecule has 2 rings (SSSR count). The number of carbonyl (C=O) groups is 2. The van der Waals surface area contributed by atoms with Crippen molar-refractivity contribution >= 4 is 17.6 Å². The third-order valence-electron chi connectivity index (χ3n) is 3.47. The van der Waals surface area contributed by atoms with E-state index in [4.69, 9.17) is 9.47 Å². The topological polar surface area (TPSA) is 64.6 Å². The highest BCUT2D eigenvalue weighted by Crippen LogP contribution is 2.28. The standard InChI is InChI=1S/C15H19NO4/c1-10(20-15(18)11-6-5-7-11)14(17)16-12-8-3-4-9-13(12)19-2/h3-4,8-11H,5-7H2,1-2H3,(H,16,17)/t10-/m1/s1. The molecular weight excluding hydrogens is 258 g/mol. The third kappa shape index (κ3) is 3.29. The molecule has 0 spiro atoms. The van der Waals surface area contributed by atoms with Crippen LogP contribution in [0.5, 0.6) is 5.75 Å². The first-order valence-corrected chi connectivity index (χ1v) is 6.76. The summed E-state index contributed by atoms with van der Waals surface area (Å²) >= 11 is 0. The molecule has 1 saturated carbocycles. The molecule has 0 radical (unpaired) electrons. The Labute approximate surface area is 118 Å². The van der Waals surface area contributed by atoms with Gasteiger partial charge in [0.15, 0.2) is 6.10 Å². The van der Waals surface area contributed by atoms with E-state index in [0.29, 0.717) is 11.4 Å². The van der Waals surface area contributed by atoms with Gasteiger partial charge in [-0.25, -0.2) is 0 Å². The van der Waals surface area contributed by atoms with E-state index in [0.717, 1.165) is 19.3 Å². The van der Waals surface area contributed by atoms with E-state index >= 15 is 0 Å². The van der Waals surface area contributed by atoms with Crippen molar-refractivity contribution in [1.29, 1.82) is 0 Å². The van der Waals surface area contributed by atoms with Gasteiger partial charge in [-0.05, 0) is 31.9 Å². The van der Waals surface area contributed by atoms with Crippen LogP contribution in [0, 0.1) is 5.92 Å². The molecule has 1 N–H and O–H groups in total. The summed E-state index contributed by atoms with van der Waals surface area (Å²) in [6.07, 6.45) is 1.97. The number of esters is 1. The fourth-order valence-electron chi connectivity index (χ4n) is 1.95. The normalized spacial score (nSPS) is 15.9. The van der Waals surface area contributed by atoms with E-state index in [1.54, 1.807) is 25.1 Å². The highest BCUT2D eigenvalue weighted by atomic mass is 16.5. The van der Waals surface area contributed by atoms with Crippen LogP contribution in [0.15, 0.2) is 24.3 Å². The van der Waals surface area contributed by atoms with Gasteiger partial charge in [0.05, 0.1) is 18.7 Å². The number of hydrogen-bond donors (Lipinski definition) is 1. The second-order valence-corrected chi connectivity index (χ2v) is 4.90. The van der Waals surface area contributed by atoms with Crippen LogP contribution in [-0.2, 0) is 14.3 Å². The second kappa shape index (κ2) is 6.41. The highest BCUT2D eigenvalue weighted by Gasteiger charge is 2.29. The van der Waals surface area contributed by atoms with Crippen molar-refractivity contribution in [3.05, 3.63) is 24.3 Å². The monoisotopic (exact) mass is 277 g/mol. The van der Waals surface area contributed by atoms with Gasteiger partial charge < -0.3 is 14.8 Å². The average Bonchev–Trinajstić information content (AvgIpc) is 2.37. The Bertz CT molecular complexity index is 496. The summed E-state index contributed by atoms with van der Waals surface area (Å²) in [5, 5.41) is 2.70. The van der Waals surface area contributed by atoms with E-state index in [9.17, 15) is 9.59 Å². The summed E-state index contributed by atoms with van der Waals surface area (Å²) in [6, 6.07) is 7.09. The van der Waals surface area contributed by atoms with Crippen molar-refractivity contribution in [2.75, 3.05) is 12.4 Å². The number of amides is 1. The van der Waals surface area contributed by atoms with Gasteiger partial charge in [-0.1, -0.05) is 18.6 Å². The number of hydrogen-bond acceptors (Lipinski definition) is 4. The maximum Gasteiger partial charge on any atom is 0.309 e. The number of methoxy groups -OCH3 is 1. The smallest absolute Gasteiger partial charge is 0.309 e. The molecule has 108 valence electrons. The van der Waals surface area contributed by atoms with Gasteiger partial charge in [-0.3, -0.25) is 9.59 Å². The van der Waals surface area contributed by atoms with Crippen LogP contribution in [0.2, 0.25) is 0 Å². The Hall–Kier alpha value is -2.04. The number of ether oxygens (including phenoxy) is 2. The average molecular weight is 277 g/mol. The lowest BCUT2D eigenvalue weighted by atomic mass is 9.86. The summed E-state index contributed by atoms with van der Waals surface area (Å²) < 4.78 is 10.3. The van der Waals surface area contributed by atoms with E-state index in [-0.39, 0.29) is 17.8 Å². The first kappa shape index (κ1) is 14.4. The molecule has 1 aromatic rings. The minimum absolute atomic E-state index is 0.0310. The van der Waals surface area contributed by atoms with Crippen LogP contribution in [0.4, 0.5) is 5.69 Å². The molecule has 1 fully saturated rings. The molecule has 0 aliphatic heterocycles. The van der Waals surface area contributed by atoms with Gasteiger partial charge in [0.25, 0.3) is 5.91 Å². The molecule has 20 heavy (non-hydrogen) atoms. The molecule has 5 heteroatoms. The lowest BCUT2D eigenvalue weighted by Gasteiger charge is -2.25. The summed E-state index contributed by atoms with van der Waals surface area (Å²) in [4.78, 5) is 23.7. The van der Waals surface area contributed by atoms with Gasteiger partial charge >= 0.3 is 5.97 Å². The van der Waals surface area contributed by atoms with Crippen LogP contribution in [0.3, 0.4) is 0 Å². The fraction of sp³-hybridized carbons (Fsp3) is 0.467. The summed E-state index contributed by atoms with van der Waals surface area (Å²) in [5.74, 6) is -0.101. The van der Waals surface area contributed by atoms with E-state index in [2.05, 4.69) is 5.32 Å². The Morgan fingerprint density at radius 3 is 2.60 bits per heavy atom. The molecule has 1 aliphatic rings. The zero-order valence-corrected chi connectivity index (χ0v) is 11.7. The Morgan fingerprint density at radius 2 is 2.00 bits per heavy atom. The highest BCUT2D eigenvalue weighted by molar-refractivity contribution is 5.96. The fourth-order valence-corrected chi connectivity index (χ4v) is 1.95. The number of benzene rings is 1. The molecule has 0 aromatic heterocycles. The number of carbonyl (C=O) groups excluding carboxylic acids is 2. The van der Waals surface area contributed by atoms with Crippen molar-refractivity contribution in [2.24, 2.45) is 5.92 Å². The molecule has 0 bridgehead atoms. The maximum atomic E-state index is 12.0. The summed E-state index contributed by atoms with van der Waals surface area (Å²) in [6.45, 7) is 1.57. The predicted molar refractivity (Wildman–Crippen MR) is 74.5 cm³/mol. The number of anilines is 1. The second-order valence-electron chi connectivity index (χ2n) is 4.90.